The lowest BCUT2D eigenvalue weighted by Crippen LogP contribution is -2.52. The number of aliphatic carboxylic acids is 1. The number of thioether (sulfide) groups is 1. The molecule has 1 aliphatic carbocycles. The third-order valence-electron chi connectivity index (χ3n) is 4.39. The van der Waals surface area contributed by atoms with Crippen LogP contribution in [0.4, 0.5) is 4.79 Å². The summed E-state index contributed by atoms with van der Waals surface area (Å²) in [6.07, 6.45) is 8.89. The van der Waals surface area contributed by atoms with Gasteiger partial charge in [-0.25, -0.2) is 9.59 Å². The molecule has 0 aromatic carbocycles. The van der Waals surface area contributed by atoms with E-state index < -0.39 is 12.0 Å². The fraction of sp³-hybridized carbons (Fsp3) is 0.867. The molecule has 5 nitrogen and oxygen atoms in total. The lowest BCUT2D eigenvalue weighted by molar-refractivity contribution is -0.141. The van der Waals surface area contributed by atoms with E-state index in [4.69, 9.17) is 0 Å². The molecule has 2 aliphatic rings. The highest BCUT2D eigenvalue weighted by Crippen LogP contribution is 2.31. The van der Waals surface area contributed by atoms with E-state index in [0.29, 0.717) is 5.75 Å². The Hall–Kier alpha value is -0.910. The zero-order valence-electron chi connectivity index (χ0n) is 12.7. The Labute approximate surface area is 130 Å². The van der Waals surface area contributed by atoms with Gasteiger partial charge in [-0.05, 0) is 19.3 Å². The van der Waals surface area contributed by atoms with E-state index in [-0.39, 0.29) is 17.4 Å². The van der Waals surface area contributed by atoms with Crippen molar-refractivity contribution in [2.75, 3.05) is 5.75 Å². The lowest BCUT2D eigenvalue weighted by atomic mass is 9.97. The van der Waals surface area contributed by atoms with Crippen molar-refractivity contribution in [3.8, 4) is 0 Å². The molecule has 0 bridgehead atoms. The topological polar surface area (TPSA) is 69.6 Å². The Morgan fingerprint density at radius 1 is 1.19 bits per heavy atom. The summed E-state index contributed by atoms with van der Waals surface area (Å²) in [5.74, 6) is -0.405. The second kappa shape index (κ2) is 7.92. The zero-order chi connectivity index (χ0) is 15.2. The number of nitrogens with zero attached hydrogens (tertiary/aromatic N) is 1. The van der Waals surface area contributed by atoms with E-state index >= 15 is 0 Å². The van der Waals surface area contributed by atoms with Gasteiger partial charge in [-0.15, -0.1) is 11.8 Å². The molecular weight excluding hydrogens is 288 g/mol. The van der Waals surface area contributed by atoms with E-state index in [2.05, 4.69) is 5.32 Å². The molecule has 21 heavy (non-hydrogen) atoms. The molecule has 120 valence electrons. The molecule has 0 radical (unpaired) electrons. The Morgan fingerprint density at radius 3 is 2.38 bits per heavy atom. The summed E-state index contributed by atoms with van der Waals surface area (Å²) in [4.78, 5) is 25.4. The van der Waals surface area contributed by atoms with Crippen LogP contribution in [0.3, 0.4) is 0 Å². The molecule has 2 amide bonds. The van der Waals surface area contributed by atoms with Gasteiger partial charge in [0.2, 0.25) is 0 Å². The molecule has 0 aromatic heterocycles. The quantitative estimate of drug-likeness (QED) is 0.840. The average molecular weight is 314 g/mol. The van der Waals surface area contributed by atoms with Gasteiger partial charge in [0.05, 0.1) is 5.37 Å². The Kier molecular flexibility index (Phi) is 6.21. The smallest absolute Gasteiger partial charge is 0.327 e. The molecule has 2 N–H and O–H groups in total. The van der Waals surface area contributed by atoms with Gasteiger partial charge in [-0.1, -0.05) is 39.0 Å². The van der Waals surface area contributed by atoms with Crippen molar-refractivity contribution in [3.05, 3.63) is 0 Å². The van der Waals surface area contributed by atoms with E-state index in [1.165, 1.54) is 19.3 Å². The summed E-state index contributed by atoms with van der Waals surface area (Å²) in [5, 5.41) is 12.4. The lowest BCUT2D eigenvalue weighted by Gasteiger charge is -2.30. The largest absolute Gasteiger partial charge is 0.480 e. The van der Waals surface area contributed by atoms with Crippen LogP contribution in [-0.2, 0) is 4.79 Å². The van der Waals surface area contributed by atoms with Crippen LogP contribution in [0.2, 0.25) is 0 Å². The molecular formula is C15H26N2O3S. The molecule has 2 unspecified atom stereocenters. The fourth-order valence-corrected chi connectivity index (χ4v) is 4.54. The van der Waals surface area contributed by atoms with Gasteiger partial charge in [-0.2, -0.15) is 0 Å². The van der Waals surface area contributed by atoms with E-state index in [1.807, 2.05) is 6.92 Å². The highest BCUT2D eigenvalue weighted by atomic mass is 32.2. The third-order valence-corrected chi connectivity index (χ3v) is 5.85. The van der Waals surface area contributed by atoms with Crippen LogP contribution in [0.1, 0.15) is 58.3 Å². The first-order chi connectivity index (χ1) is 10.1. The van der Waals surface area contributed by atoms with Crippen LogP contribution < -0.4 is 5.32 Å². The minimum atomic E-state index is -0.897. The number of nitrogens with one attached hydrogen (secondary N) is 1. The van der Waals surface area contributed by atoms with Crippen LogP contribution in [0.25, 0.3) is 0 Å². The van der Waals surface area contributed by atoms with Crippen molar-refractivity contribution in [1.29, 1.82) is 0 Å². The van der Waals surface area contributed by atoms with Crippen LogP contribution >= 0.6 is 11.8 Å². The molecule has 0 spiro atoms. The van der Waals surface area contributed by atoms with Gasteiger partial charge < -0.3 is 10.4 Å². The fourth-order valence-electron chi connectivity index (χ4n) is 3.19. The predicted octanol–water partition coefficient (Wildman–Crippen LogP) is 3.05. The monoisotopic (exact) mass is 314 g/mol. The van der Waals surface area contributed by atoms with E-state index in [1.54, 1.807) is 16.7 Å². The first kappa shape index (κ1) is 16.5. The van der Waals surface area contributed by atoms with Crippen LogP contribution in [-0.4, -0.2) is 45.2 Å². The van der Waals surface area contributed by atoms with Gasteiger partial charge in [0.15, 0.2) is 0 Å². The minimum absolute atomic E-state index is 0.0142. The van der Waals surface area contributed by atoms with Crippen molar-refractivity contribution in [2.45, 2.75) is 75.7 Å². The van der Waals surface area contributed by atoms with Gasteiger partial charge in [0.1, 0.15) is 6.04 Å². The summed E-state index contributed by atoms with van der Waals surface area (Å²) in [6, 6.07) is -0.673. The van der Waals surface area contributed by atoms with E-state index in [0.717, 1.165) is 32.1 Å². The average Bonchev–Trinajstić information content (AvgIpc) is 2.85. The number of hydrogen-bond acceptors (Lipinski definition) is 3. The summed E-state index contributed by atoms with van der Waals surface area (Å²) in [7, 11) is 0. The summed E-state index contributed by atoms with van der Waals surface area (Å²) >= 11 is 1.57. The summed E-state index contributed by atoms with van der Waals surface area (Å²) in [6.45, 7) is 2.00. The van der Waals surface area contributed by atoms with Crippen molar-refractivity contribution in [1.82, 2.24) is 10.2 Å². The molecule has 1 saturated carbocycles. The van der Waals surface area contributed by atoms with Gasteiger partial charge in [-0.3, -0.25) is 4.90 Å². The molecule has 1 aliphatic heterocycles. The third kappa shape index (κ3) is 4.28. The van der Waals surface area contributed by atoms with Crippen molar-refractivity contribution >= 4 is 23.8 Å². The summed E-state index contributed by atoms with van der Waals surface area (Å²) < 4.78 is 0. The Bertz CT molecular complexity index is 370. The van der Waals surface area contributed by atoms with Crippen molar-refractivity contribution < 1.29 is 14.7 Å². The van der Waals surface area contributed by atoms with Gasteiger partial charge >= 0.3 is 12.0 Å². The number of carbonyl (C=O) groups excluding carboxylic acids is 1. The maximum Gasteiger partial charge on any atom is 0.327 e. The molecule has 1 saturated heterocycles. The van der Waals surface area contributed by atoms with Crippen LogP contribution in [0.15, 0.2) is 0 Å². The number of amides is 2. The van der Waals surface area contributed by atoms with Crippen molar-refractivity contribution in [2.24, 2.45) is 0 Å². The first-order valence-corrected chi connectivity index (χ1v) is 9.11. The molecule has 2 fully saturated rings. The minimum Gasteiger partial charge on any atom is -0.480 e. The van der Waals surface area contributed by atoms with Crippen LogP contribution in [0.5, 0.6) is 0 Å². The maximum absolute atomic E-state index is 12.5. The van der Waals surface area contributed by atoms with Gasteiger partial charge in [0.25, 0.3) is 0 Å². The van der Waals surface area contributed by atoms with Gasteiger partial charge in [0, 0.05) is 11.8 Å². The number of rotatable bonds is 3. The molecule has 0 aromatic rings. The number of urea groups is 1. The summed E-state index contributed by atoms with van der Waals surface area (Å²) in [5.41, 5.74) is 0. The number of carboxylic acids is 1. The predicted molar refractivity (Wildman–Crippen MR) is 84.4 cm³/mol. The molecule has 1 heterocycles. The molecule has 2 rings (SSSR count). The highest BCUT2D eigenvalue weighted by molar-refractivity contribution is 8.00. The molecule has 2 atom stereocenters. The Morgan fingerprint density at radius 2 is 1.81 bits per heavy atom. The first-order valence-electron chi connectivity index (χ1n) is 8.06. The number of carboxylic acid groups (broad SMARTS) is 1. The standard InChI is InChI=1S/C15H26N2O3S/c1-2-13-17(12(10-21-13)14(18)19)15(20)16-11-8-6-4-3-5-7-9-11/h11-13H,2-10H2,1H3,(H,16,20)(H,18,19). The second-order valence-corrected chi connectivity index (χ2v) is 7.16. The Balaban J connectivity index is 1.97. The zero-order valence-corrected chi connectivity index (χ0v) is 13.5. The highest BCUT2D eigenvalue weighted by Gasteiger charge is 2.41. The number of hydrogen-bond donors (Lipinski definition) is 2. The van der Waals surface area contributed by atoms with Crippen molar-refractivity contribution in [3.63, 3.8) is 0 Å². The van der Waals surface area contributed by atoms with Crippen LogP contribution in [0, 0.1) is 0 Å². The molecule has 6 heteroatoms. The second-order valence-electron chi connectivity index (χ2n) is 5.95. The normalized spacial score (nSPS) is 28.0. The number of carbonyl (C=O) groups is 2. The van der Waals surface area contributed by atoms with E-state index in [9.17, 15) is 14.7 Å². The maximum atomic E-state index is 12.5. The SMILES string of the molecule is CCC1SCC(C(=O)O)N1C(=O)NC1CCCCCCC1.